The van der Waals surface area contributed by atoms with Gasteiger partial charge in [0.2, 0.25) is 0 Å². The van der Waals surface area contributed by atoms with Crippen LogP contribution in [0.25, 0.3) is 0 Å². The average molecular weight is 450 g/mol. The number of amides is 3. The molecule has 2 N–H and O–H groups in total. The number of benzene rings is 2. The predicted molar refractivity (Wildman–Crippen MR) is 114 cm³/mol. The first-order valence-corrected chi connectivity index (χ1v) is 9.67. The number of hydrogen-bond acceptors (Lipinski definition) is 7. The Morgan fingerprint density at radius 1 is 1.00 bits per heavy atom. The van der Waals surface area contributed by atoms with Gasteiger partial charge in [-0.3, -0.25) is 19.3 Å². The summed E-state index contributed by atoms with van der Waals surface area (Å²) < 4.78 is 15.5. The number of furan rings is 1. The average Bonchev–Trinajstić information content (AvgIpc) is 3.41. The summed E-state index contributed by atoms with van der Waals surface area (Å²) in [7, 11) is 2.74. The molecular formula is C23H18N2O8. The van der Waals surface area contributed by atoms with Crippen molar-refractivity contribution >= 4 is 29.4 Å². The van der Waals surface area contributed by atoms with E-state index in [1.165, 1.54) is 50.8 Å². The smallest absolute Gasteiger partial charge is 0.337 e. The summed E-state index contributed by atoms with van der Waals surface area (Å²) in [6, 6.07) is 9.92. The van der Waals surface area contributed by atoms with E-state index in [0.717, 1.165) is 4.90 Å². The molecular weight excluding hydrogens is 432 g/mol. The van der Waals surface area contributed by atoms with Gasteiger partial charge in [0.15, 0.2) is 11.5 Å². The molecule has 2 heterocycles. The molecule has 4 rings (SSSR count). The second kappa shape index (κ2) is 8.50. The maximum absolute atomic E-state index is 12.9. The Labute approximate surface area is 187 Å². The Hall–Kier alpha value is -4.60. The first-order chi connectivity index (χ1) is 15.8. The molecule has 168 valence electrons. The molecule has 10 nitrogen and oxygen atoms in total. The SMILES string of the molecule is COc1cc(NC(=O)c2ccc3c(c2)C(=O)N(Cc2ccco2)C3=O)c(C(=O)O)cc1OC. The Bertz CT molecular complexity index is 1280. The highest BCUT2D eigenvalue weighted by Crippen LogP contribution is 2.34. The second-order valence-corrected chi connectivity index (χ2v) is 7.05. The number of carboxylic acid groups (broad SMARTS) is 1. The zero-order valence-electron chi connectivity index (χ0n) is 17.6. The second-order valence-electron chi connectivity index (χ2n) is 7.05. The zero-order valence-corrected chi connectivity index (χ0v) is 17.6. The minimum absolute atomic E-state index is 0.0208. The van der Waals surface area contributed by atoms with E-state index >= 15 is 0 Å². The van der Waals surface area contributed by atoms with Crippen LogP contribution >= 0.6 is 0 Å². The number of hydrogen-bond donors (Lipinski definition) is 2. The first-order valence-electron chi connectivity index (χ1n) is 9.67. The van der Waals surface area contributed by atoms with Gasteiger partial charge in [-0.2, -0.15) is 0 Å². The molecule has 33 heavy (non-hydrogen) atoms. The molecule has 10 heteroatoms. The number of nitrogens with one attached hydrogen (secondary N) is 1. The van der Waals surface area contributed by atoms with Crippen molar-refractivity contribution in [1.82, 2.24) is 4.90 Å². The monoisotopic (exact) mass is 450 g/mol. The largest absolute Gasteiger partial charge is 0.493 e. The topological polar surface area (TPSA) is 135 Å². The molecule has 0 spiro atoms. The van der Waals surface area contributed by atoms with Gasteiger partial charge in [-0.25, -0.2) is 4.79 Å². The molecule has 0 unspecified atom stereocenters. The van der Waals surface area contributed by atoms with Crippen LogP contribution in [0.3, 0.4) is 0 Å². The van der Waals surface area contributed by atoms with Crippen LogP contribution in [0.2, 0.25) is 0 Å². The number of aromatic carboxylic acids is 1. The van der Waals surface area contributed by atoms with Gasteiger partial charge in [0, 0.05) is 17.7 Å². The van der Waals surface area contributed by atoms with Crippen molar-refractivity contribution in [2.75, 3.05) is 19.5 Å². The lowest BCUT2D eigenvalue weighted by Crippen LogP contribution is -2.28. The standard InChI is InChI=1S/C23H18N2O8/c1-31-18-9-16(23(29)30)17(10-19(18)32-2)24-20(26)12-5-6-14-15(8-12)22(28)25(21(14)27)11-13-4-3-7-33-13/h3-10H,11H2,1-2H3,(H,24,26)(H,29,30). The Kier molecular flexibility index (Phi) is 5.57. The molecule has 0 fully saturated rings. The summed E-state index contributed by atoms with van der Waals surface area (Å²) >= 11 is 0. The van der Waals surface area contributed by atoms with Gasteiger partial charge >= 0.3 is 5.97 Å². The fourth-order valence-corrected chi connectivity index (χ4v) is 3.49. The maximum atomic E-state index is 12.9. The molecule has 0 saturated carbocycles. The van der Waals surface area contributed by atoms with Crippen molar-refractivity contribution in [2.45, 2.75) is 6.54 Å². The summed E-state index contributed by atoms with van der Waals surface area (Å²) in [4.78, 5) is 51.0. The molecule has 0 radical (unpaired) electrons. The number of ether oxygens (including phenoxy) is 2. The van der Waals surface area contributed by atoms with E-state index < -0.39 is 23.7 Å². The molecule has 2 aromatic carbocycles. The van der Waals surface area contributed by atoms with Crippen molar-refractivity contribution in [3.63, 3.8) is 0 Å². The van der Waals surface area contributed by atoms with E-state index in [1.54, 1.807) is 12.1 Å². The van der Waals surface area contributed by atoms with Crippen molar-refractivity contribution < 1.29 is 38.2 Å². The number of methoxy groups -OCH3 is 2. The number of anilines is 1. The first kappa shape index (κ1) is 21.6. The summed E-state index contributed by atoms with van der Waals surface area (Å²) in [6.07, 6.45) is 1.44. The Morgan fingerprint density at radius 3 is 2.33 bits per heavy atom. The van der Waals surface area contributed by atoms with E-state index in [2.05, 4.69) is 5.32 Å². The fraction of sp³-hybridized carbons (Fsp3) is 0.130. The van der Waals surface area contributed by atoms with E-state index in [4.69, 9.17) is 13.9 Å². The molecule has 0 atom stereocenters. The minimum atomic E-state index is -1.28. The van der Waals surface area contributed by atoms with Crippen LogP contribution in [0.1, 0.15) is 47.2 Å². The third-order valence-corrected chi connectivity index (χ3v) is 5.13. The number of carbonyl (C=O) groups is 4. The highest BCUT2D eigenvalue weighted by molar-refractivity contribution is 6.22. The third kappa shape index (κ3) is 3.89. The van der Waals surface area contributed by atoms with Gasteiger partial charge in [-0.15, -0.1) is 0 Å². The van der Waals surface area contributed by atoms with Crippen molar-refractivity contribution in [3.05, 3.63) is 76.7 Å². The van der Waals surface area contributed by atoms with Crippen LogP contribution in [-0.2, 0) is 6.54 Å². The van der Waals surface area contributed by atoms with E-state index in [1.807, 2.05) is 0 Å². The van der Waals surface area contributed by atoms with E-state index in [-0.39, 0.29) is 46.0 Å². The highest BCUT2D eigenvalue weighted by atomic mass is 16.5. The van der Waals surface area contributed by atoms with E-state index in [0.29, 0.717) is 5.76 Å². The molecule has 1 aliphatic rings. The molecule has 1 aliphatic heterocycles. The number of nitrogens with zero attached hydrogens (tertiary/aromatic N) is 1. The summed E-state index contributed by atoms with van der Waals surface area (Å²) in [5, 5.41) is 12.0. The van der Waals surface area contributed by atoms with Crippen LogP contribution in [0.15, 0.2) is 53.1 Å². The number of rotatable bonds is 7. The van der Waals surface area contributed by atoms with Crippen LogP contribution in [0.5, 0.6) is 11.5 Å². The van der Waals surface area contributed by atoms with Crippen LogP contribution < -0.4 is 14.8 Å². The molecule has 1 aromatic heterocycles. The van der Waals surface area contributed by atoms with Crippen molar-refractivity contribution in [1.29, 1.82) is 0 Å². The molecule has 3 amide bonds. The van der Waals surface area contributed by atoms with Crippen LogP contribution in [0, 0.1) is 0 Å². The molecule has 3 aromatic rings. The summed E-state index contributed by atoms with van der Waals surface area (Å²) in [6.45, 7) is -0.0332. The van der Waals surface area contributed by atoms with Crippen molar-refractivity contribution in [3.8, 4) is 11.5 Å². The van der Waals surface area contributed by atoms with Gasteiger partial charge in [0.25, 0.3) is 17.7 Å². The number of fused-ring (bicyclic) bond motifs is 1. The number of imide groups is 1. The molecule has 0 aliphatic carbocycles. The lowest BCUT2D eigenvalue weighted by atomic mass is 10.0. The quantitative estimate of drug-likeness (QED) is 0.525. The van der Waals surface area contributed by atoms with Gasteiger partial charge in [0.05, 0.1) is 49.4 Å². The number of carboxylic acids is 1. The number of carbonyl (C=O) groups excluding carboxylic acids is 3. The normalized spacial score (nSPS) is 12.5. The van der Waals surface area contributed by atoms with Crippen LogP contribution in [-0.4, -0.2) is 47.9 Å². The molecule has 0 saturated heterocycles. The minimum Gasteiger partial charge on any atom is -0.493 e. The van der Waals surface area contributed by atoms with E-state index in [9.17, 15) is 24.3 Å². The van der Waals surface area contributed by atoms with Gasteiger partial charge < -0.3 is 24.3 Å². The molecule has 0 bridgehead atoms. The Balaban J connectivity index is 1.62. The van der Waals surface area contributed by atoms with Crippen molar-refractivity contribution in [2.24, 2.45) is 0 Å². The summed E-state index contributed by atoms with van der Waals surface area (Å²) in [5.41, 5.74) is 0.0804. The maximum Gasteiger partial charge on any atom is 0.337 e. The highest BCUT2D eigenvalue weighted by Gasteiger charge is 2.36. The van der Waals surface area contributed by atoms with Crippen LogP contribution in [0.4, 0.5) is 5.69 Å². The van der Waals surface area contributed by atoms with Gasteiger partial charge in [-0.05, 0) is 30.3 Å². The summed E-state index contributed by atoms with van der Waals surface area (Å²) in [5.74, 6) is -2.15. The van der Waals surface area contributed by atoms with Gasteiger partial charge in [-0.1, -0.05) is 0 Å². The fourth-order valence-electron chi connectivity index (χ4n) is 3.49. The zero-order chi connectivity index (χ0) is 23.7. The lowest BCUT2D eigenvalue weighted by molar-refractivity contribution is 0.0629. The lowest BCUT2D eigenvalue weighted by Gasteiger charge is -2.14. The Morgan fingerprint density at radius 2 is 1.70 bits per heavy atom. The third-order valence-electron chi connectivity index (χ3n) is 5.13. The van der Waals surface area contributed by atoms with Gasteiger partial charge in [0.1, 0.15) is 5.76 Å². The predicted octanol–water partition coefficient (Wildman–Crippen LogP) is 3.04.